The lowest BCUT2D eigenvalue weighted by Crippen LogP contribution is -2.80. The Morgan fingerprint density at radius 1 is 0.500 bits per heavy atom. The Hall–Kier alpha value is -0.0400. The van der Waals surface area contributed by atoms with Gasteiger partial charge >= 0.3 is 0 Å². The molecule has 1 heteroatoms. The van der Waals surface area contributed by atoms with Crippen LogP contribution in [0, 0.1) is 16.2 Å². The largest absolute Gasteiger partial charge is 0.287 e. The quantitative estimate of drug-likeness (QED) is 0.547. The number of hydrogen-bond donors (Lipinski definition) is 0. The first-order chi connectivity index (χ1) is 8.37. The van der Waals surface area contributed by atoms with Crippen molar-refractivity contribution in [1.82, 2.24) is 4.90 Å². The zero-order valence-corrected chi connectivity index (χ0v) is 16.4. The van der Waals surface area contributed by atoms with Crippen LogP contribution in [0.3, 0.4) is 0 Å². The van der Waals surface area contributed by atoms with Crippen molar-refractivity contribution in [2.75, 3.05) is 0 Å². The van der Waals surface area contributed by atoms with Crippen molar-refractivity contribution in [2.45, 2.75) is 107 Å². The molecule has 0 radical (unpaired) electrons. The van der Waals surface area contributed by atoms with Gasteiger partial charge < -0.3 is 0 Å². The lowest BCUT2D eigenvalue weighted by Gasteiger charge is -2.76. The van der Waals surface area contributed by atoms with E-state index in [4.69, 9.17) is 0 Å². The van der Waals surface area contributed by atoms with Gasteiger partial charge in [-0.15, -0.1) is 0 Å². The molecule has 1 fully saturated rings. The smallest absolute Gasteiger partial charge is 0.0220 e. The first kappa shape index (κ1) is 18.0. The van der Waals surface area contributed by atoms with Crippen LogP contribution < -0.4 is 0 Å². The average Bonchev–Trinajstić information content (AvgIpc) is 2.11. The Balaban J connectivity index is 3.74. The van der Waals surface area contributed by atoms with E-state index in [2.05, 4.69) is 94.9 Å². The molecule has 0 amide bonds. The van der Waals surface area contributed by atoms with Crippen molar-refractivity contribution >= 4 is 0 Å². The molecule has 0 spiro atoms. The predicted octanol–water partition coefficient (Wildman–Crippen LogP) is 5.74. The molecule has 0 aromatic carbocycles. The second-order valence-electron chi connectivity index (χ2n) is 10.5. The number of nitrogens with zero attached hydrogens (tertiary/aromatic N) is 1. The number of piperidine rings is 1. The standard InChI is InChI=1S/C19H39N/c1-14(2,3)20-18(10,11)16(6,7)15(4,5)17(8,9)19(20,12)13/h1-13H3. The lowest BCUT2D eigenvalue weighted by molar-refractivity contribution is -0.270. The van der Waals surface area contributed by atoms with Crippen LogP contribution in [0.1, 0.15) is 90.0 Å². The van der Waals surface area contributed by atoms with Crippen molar-refractivity contribution in [3.05, 3.63) is 0 Å². The van der Waals surface area contributed by atoms with Crippen LogP contribution in [0.4, 0.5) is 0 Å². The molecule has 0 saturated carbocycles. The topological polar surface area (TPSA) is 3.24 Å². The highest BCUT2D eigenvalue weighted by Crippen LogP contribution is 2.68. The molecule has 1 saturated heterocycles. The van der Waals surface area contributed by atoms with Crippen molar-refractivity contribution < 1.29 is 0 Å². The number of likely N-dealkylation sites (tertiary alicyclic amines) is 1. The summed E-state index contributed by atoms with van der Waals surface area (Å²) < 4.78 is 0. The average molecular weight is 282 g/mol. The second kappa shape index (κ2) is 4.03. The summed E-state index contributed by atoms with van der Waals surface area (Å²) in [5.41, 5.74) is 1.09. The van der Waals surface area contributed by atoms with E-state index < -0.39 is 0 Å². The molecule has 0 N–H and O–H groups in total. The maximum atomic E-state index is 2.78. The van der Waals surface area contributed by atoms with Crippen LogP contribution in [-0.2, 0) is 0 Å². The van der Waals surface area contributed by atoms with Gasteiger partial charge in [0, 0.05) is 16.6 Å². The molecule has 1 rings (SSSR count). The molecule has 0 bridgehead atoms. The Labute approximate surface area is 128 Å². The molecule has 1 aliphatic heterocycles. The van der Waals surface area contributed by atoms with Gasteiger partial charge in [0.25, 0.3) is 0 Å². The summed E-state index contributed by atoms with van der Waals surface area (Å²) in [6, 6.07) is 0. The van der Waals surface area contributed by atoms with Crippen LogP contribution in [0.2, 0.25) is 0 Å². The van der Waals surface area contributed by atoms with Gasteiger partial charge in [0.1, 0.15) is 0 Å². The highest BCUT2D eigenvalue weighted by Gasteiger charge is 2.69. The Kier molecular flexibility index (Phi) is 3.63. The van der Waals surface area contributed by atoms with Gasteiger partial charge in [-0.3, -0.25) is 4.90 Å². The van der Waals surface area contributed by atoms with Crippen LogP contribution in [0.15, 0.2) is 0 Å². The van der Waals surface area contributed by atoms with E-state index in [1.165, 1.54) is 0 Å². The third kappa shape index (κ3) is 1.77. The maximum Gasteiger partial charge on any atom is 0.0220 e. The third-order valence-corrected chi connectivity index (χ3v) is 7.97. The summed E-state index contributed by atoms with van der Waals surface area (Å²) in [6.07, 6.45) is 0. The predicted molar refractivity (Wildman–Crippen MR) is 91.1 cm³/mol. The van der Waals surface area contributed by atoms with Gasteiger partial charge in [-0.05, 0) is 64.7 Å². The second-order valence-corrected chi connectivity index (χ2v) is 10.5. The minimum Gasteiger partial charge on any atom is -0.287 e. The van der Waals surface area contributed by atoms with Gasteiger partial charge in [0.15, 0.2) is 0 Å². The van der Waals surface area contributed by atoms with E-state index >= 15 is 0 Å². The van der Waals surface area contributed by atoms with E-state index in [0.717, 1.165) is 0 Å². The van der Waals surface area contributed by atoms with Crippen LogP contribution >= 0.6 is 0 Å². The molecule has 0 aliphatic carbocycles. The van der Waals surface area contributed by atoms with Gasteiger partial charge in [0.05, 0.1) is 0 Å². The summed E-state index contributed by atoms with van der Waals surface area (Å²) in [6.45, 7) is 31.6. The highest BCUT2D eigenvalue weighted by atomic mass is 15.3. The third-order valence-electron chi connectivity index (χ3n) is 7.97. The molecule has 1 heterocycles. The fourth-order valence-corrected chi connectivity index (χ4v) is 5.25. The molecule has 1 nitrogen and oxygen atoms in total. The summed E-state index contributed by atoms with van der Waals surface area (Å²) in [5, 5.41) is 0. The van der Waals surface area contributed by atoms with E-state index in [1.54, 1.807) is 0 Å². The molecule has 0 aromatic rings. The minimum atomic E-state index is 0.133. The number of rotatable bonds is 0. The molecule has 1 aliphatic rings. The van der Waals surface area contributed by atoms with E-state index in [-0.39, 0.29) is 32.9 Å². The molecule has 20 heavy (non-hydrogen) atoms. The fraction of sp³-hybridized carbons (Fsp3) is 1.00. The summed E-state index contributed by atoms with van der Waals surface area (Å²) in [4.78, 5) is 2.78. The van der Waals surface area contributed by atoms with Gasteiger partial charge in [-0.2, -0.15) is 0 Å². The lowest BCUT2D eigenvalue weighted by atomic mass is 9.41. The van der Waals surface area contributed by atoms with Crippen molar-refractivity contribution in [3.63, 3.8) is 0 Å². The van der Waals surface area contributed by atoms with Crippen molar-refractivity contribution in [2.24, 2.45) is 16.2 Å². The maximum absolute atomic E-state index is 2.78. The van der Waals surface area contributed by atoms with Crippen LogP contribution in [0.25, 0.3) is 0 Å². The van der Waals surface area contributed by atoms with Gasteiger partial charge in [-0.25, -0.2) is 0 Å². The monoisotopic (exact) mass is 281 g/mol. The SMILES string of the molecule is CC(C)(C)N1C(C)(C)C(C)(C)C(C)(C)C(C)(C)C1(C)C. The molecule has 0 unspecified atom stereocenters. The Morgan fingerprint density at radius 2 is 0.750 bits per heavy atom. The first-order valence-corrected chi connectivity index (χ1v) is 8.17. The fourth-order valence-electron chi connectivity index (χ4n) is 5.25. The summed E-state index contributed by atoms with van der Waals surface area (Å²) in [5.74, 6) is 0. The highest BCUT2D eigenvalue weighted by molar-refractivity contribution is 5.21. The molecular weight excluding hydrogens is 242 g/mol. The van der Waals surface area contributed by atoms with E-state index in [1.807, 2.05) is 0 Å². The zero-order valence-electron chi connectivity index (χ0n) is 16.4. The Bertz CT molecular complexity index is 358. The van der Waals surface area contributed by atoms with Gasteiger partial charge in [0.2, 0.25) is 0 Å². The van der Waals surface area contributed by atoms with Crippen LogP contribution in [-0.4, -0.2) is 21.5 Å². The number of hydrogen-bond acceptors (Lipinski definition) is 1. The normalized spacial score (nSPS) is 31.1. The summed E-state index contributed by atoms with van der Waals surface area (Å²) in [7, 11) is 0. The summed E-state index contributed by atoms with van der Waals surface area (Å²) >= 11 is 0. The zero-order chi connectivity index (χ0) is 16.6. The van der Waals surface area contributed by atoms with Gasteiger partial charge in [-0.1, -0.05) is 41.5 Å². The van der Waals surface area contributed by atoms with Crippen molar-refractivity contribution in [3.8, 4) is 0 Å². The molecule has 0 aromatic heterocycles. The van der Waals surface area contributed by atoms with Crippen molar-refractivity contribution in [1.29, 1.82) is 0 Å². The Morgan fingerprint density at radius 3 is 0.950 bits per heavy atom. The van der Waals surface area contributed by atoms with Crippen LogP contribution in [0.5, 0.6) is 0 Å². The van der Waals surface area contributed by atoms with E-state index in [9.17, 15) is 0 Å². The molecule has 120 valence electrons. The first-order valence-electron chi connectivity index (χ1n) is 8.17. The molecule has 0 atom stereocenters. The van der Waals surface area contributed by atoms with E-state index in [0.29, 0.717) is 0 Å². The minimum absolute atomic E-state index is 0.133. The molecular formula is C19H39N.